The second-order valence-electron chi connectivity index (χ2n) is 2.51. The molecule has 0 aliphatic carbocycles. The molecule has 1 unspecified atom stereocenters. The SMILES string of the molecule is O=C1CN(C2NNC(=O)O2)C(=O)N1. The molecule has 1 atom stereocenters. The number of hydrogen-bond donors (Lipinski definition) is 3. The van der Waals surface area contributed by atoms with Gasteiger partial charge in [0.2, 0.25) is 5.91 Å². The number of cyclic esters (lactones) is 1. The molecule has 0 bridgehead atoms. The van der Waals surface area contributed by atoms with Crippen molar-refractivity contribution in [2.75, 3.05) is 6.54 Å². The molecule has 4 amide bonds. The van der Waals surface area contributed by atoms with Crippen molar-refractivity contribution < 1.29 is 19.1 Å². The second-order valence-corrected chi connectivity index (χ2v) is 2.51. The van der Waals surface area contributed by atoms with Gasteiger partial charge in [-0.25, -0.2) is 9.59 Å². The summed E-state index contributed by atoms with van der Waals surface area (Å²) < 4.78 is 4.62. The van der Waals surface area contributed by atoms with Crippen molar-refractivity contribution in [2.24, 2.45) is 0 Å². The predicted molar refractivity (Wildman–Crippen MR) is 36.8 cm³/mol. The van der Waals surface area contributed by atoms with Gasteiger partial charge in [-0.05, 0) is 0 Å². The number of nitrogens with one attached hydrogen (secondary N) is 3. The van der Waals surface area contributed by atoms with Gasteiger partial charge in [-0.15, -0.1) is 0 Å². The number of rotatable bonds is 1. The first kappa shape index (κ1) is 7.80. The van der Waals surface area contributed by atoms with E-state index < -0.39 is 24.4 Å². The number of hydrogen-bond acceptors (Lipinski definition) is 5. The standard InChI is InChI=1S/C5H6N4O4/c10-2-1-9(3(11)6-2)4-7-8-5(12)13-4/h4,7H,1H2,(H,8,12)(H,6,10,11). The molecule has 0 spiro atoms. The molecular formula is C5H6N4O4. The highest BCUT2D eigenvalue weighted by Gasteiger charge is 2.37. The number of carbonyl (C=O) groups is 3. The first-order chi connectivity index (χ1) is 6.16. The van der Waals surface area contributed by atoms with Gasteiger partial charge in [-0.2, -0.15) is 5.43 Å². The summed E-state index contributed by atoms with van der Waals surface area (Å²) in [4.78, 5) is 33.4. The average molecular weight is 186 g/mol. The first-order valence-electron chi connectivity index (χ1n) is 3.49. The van der Waals surface area contributed by atoms with E-state index in [0.29, 0.717) is 0 Å². The quantitative estimate of drug-likeness (QED) is 0.414. The molecule has 2 saturated heterocycles. The highest BCUT2D eigenvalue weighted by atomic mass is 16.6. The summed E-state index contributed by atoms with van der Waals surface area (Å²) in [6.07, 6.45) is -1.60. The summed E-state index contributed by atoms with van der Waals surface area (Å²) >= 11 is 0. The van der Waals surface area contributed by atoms with Crippen LogP contribution in [0.5, 0.6) is 0 Å². The van der Waals surface area contributed by atoms with Gasteiger partial charge in [0.1, 0.15) is 6.54 Å². The van der Waals surface area contributed by atoms with Gasteiger partial charge >= 0.3 is 12.1 Å². The fourth-order valence-corrected chi connectivity index (χ4v) is 1.07. The second kappa shape index (κ2) is 2.59. The Kier molecular flexibility index (Phi) is 1.55. The van der Waals surface area contributed by atoms with Crippen molar-refractivity contribution in [2.45, 2.75) is 6.35 Å². The maximum absolute atomic E-state index is 11.0. The largest absolute Gasteiger partial charge is 0.424 e. The molecular weight excluding hydrogens is 180 g/mol. The summed E-state index contributed by atoms with van der Waals surface area (Å²) in [5.74, 6) is -0.422. The zero-order valence-electron chi connectivity index (χ0n) is 6.36. The van der Waals surface area contributed by atoms with Crippen molar-refractivity contribution in [1.29, 1.82) is 0 Å². The highest BCUT2D eigenvalue weighted by molar-refractivity contribution is 6.02. The van der Waals surface area contributed by atoms with E-state index in [2.05, 4.69) is 15.6 Å². The van der Waals surface area contributed by atoms with Crippen LogP contribution in [0.3, 0.4) is 0 Å². The van der Waals surface area contributed by atoms with E-state index in [9.17, 15) is 14.4 Å². The molecule has 2 fully saturated rings. The Morgan fingerprint density at radius 2 is 2.15 bits per heavy atom. The van der Waals surface area contributed by atoms with Crippen LogP contribution >= 0.6 is 0 Å². The fraction of sp³-hybridized carbons (Fsp3) is 0.400. The molecule has 0 aromatic carbocycles. The Bertz CT molecular complexity index is 290. The number of urea groups is 1. The van der Waals surface area contributed by atoms with Crippen LogP contribution < -0.4 is 16.2 Å². The number of nitrogens with zero attached hydrogens (tertiary/aromatic N) is 1. The van der Waals surface area contributed by atoms with Crippen molar-refractivity contribution in [1.82, 2.24) is 21.1 Å². The summed E-state index contributed by atoms with van der Waals surface area (Å²) in [6, 6.07) is -0.584. The number of ether oxygens (including phenoxy) is 1. The third kappa shape index (κ3) is 1.26. The summed E-state index contributed by atoms with van der Waals surface area (Å²) in [5, 5.41) is 2.05. The van der Waals surface area contributed by atoms with Crippen LogP contribution in [0.1, 0.15) is 0 Å². The van der Waals surface area contributed by atoms with Crippen molar-refractivity contribution in [3.63, 3.8) is 0 Å². The summed E-state index contributed by atoms with van der Waals surface area (Å²) in [6.45, 7) is -0.120. The van der Waals surface area contributed by atoms with Gasteiger partial charge in [-0.3, -0.25) is 20.4 Å². The molecule has 3 N–H and O–H groups in total. The number of carbonyl (C=O) groups excluding carboxylic acids is 3. The molecule has 2 heterocycles. The Hall–Kier alpha value is -1.83. The van der Waals surface area contributed by atoms with Crippen LogP contribution in [0, 0.1) is 0 Å². The number of hydrazine groups is 1. The lowest BCUT2D eigenvalue weighted by atomic mass is 10.6. The molecule has 0 radical (unpaired) electrons. The van der Waals surface area contributed by atoms with Crippen LogP contribution in [0.25, 0.3) is 0 Å². The molecule has 0 saturated carbocycles. The molecule has 13 heavy (non-hydrogen) atoms. The van der Waals surface area contributed by atoms with Crippen LogP contribution in [0.4, 0.5) is 9.59 Å². The minimum Gasteiger partial charge on any atom is -0.409 e. The Labute approximate surface area is 72.2 Å². The fourth-order valence-electron chi connectivity index (χ4n) is 1.07. The smallest absolute Gasteiger partial charge is 0.409 e. The van der Waals surface area contributed by atoms with Gasteiger partial charge in [0.05, 0.1) is 0 Å². The zero-order chi connectivity index (χ0) is 9.42. The molecule has 2 aliphatic heterocycles. The summed E-state index contributed by atoms with van der Waals surface area (Å²) in [5.41, 5.74) is 4.53. The van der Waals surface area contributed by atoms with Gasteiger partial charge in [0, 0.05) is 0 Å². The van der Waals surface area contributed by atoms with E-state index in [1.807, 2.05) is 5.32 Å². The van der Waals surface area contributed by atoms with Crippen molar-refractivity contribution in [3.05, 3.63) is 0 Å². The van der Waals surface area contributed by atoms with Crippen LogP contribution in [0.15, 0.2) is 0 Å². The summed E-state index contributed by atoms with van der Waals surface area (Å²) in [7, 11) is 0. The molecule has 2 aliphatic rings. The molecule has 8 heteroatoms. The Balaban J connectivity index is 2.05. The average Bonchev–Trinajstić information content (AvgIpc) is 2.58. The van der Waals surface area contributed by atoms with E-state index in [0.717, 1.165) is 4.90 Å². The van der Waals surface area contributed by atoms with E-state index >= 15 is 0 Å². The first-order valence-corrected chi connectivity index (χ1v) is 3.49. The third-order valence-electron chi connectivity index (χ3n) is 1.62. The molecule has 2 rings (SSSR count). The third-order valence-corrected chi connectivity index (χ3v) is 1.62. The highest BCUT2D eigenvalue weighted by Crippen LogP contribution is 2.06. The minimum atomic E-state index is -0.918. The monoisotopic (exact) mass is 186 g/mol. The molecule has 0 aromatic heterocycles. The molecule has 0 aromatic rings. The maximum Gasteiger partial charge on any atom is 0.424 e. The van der Waals surface area contributed by atoms with E-state index in [1.165, 1.54) is 0 Å². The van der Waals surface area contributed by atoms with Crippen molar-refractivity contribution in [3.8, 4) is 0 Å². The van der Waals surface area contributed by atoms with E-state index in [1.54, 1.807) is 0 Å². The van der Waals surface area contributed by atoms with Gasteiger partial charge in [-0.1, -0.05) is 0 Å². The van der Waals surface area contributed by atoms with Crippen LogP contribution in [-0.4, -0.2) is 35.8 Å². The van der Waals surface area contributed by atoms with Crippen LogP contribution in [0.2, 0.25) is 0 Å². The van der Waals surface area contributed by atoms with Gasteiger partial charge in [0.15, 0.2) is 0 Å². The van der Waals surface area contributed by atoms with Crippen molar-refractivity contribution >= 4 is 18.0 Å². The van der Waals surface area contributed by atoms with Gasteiger partial charge < -0.3 is 4.74 Å². The number of amides is 4. The predicted octanol–water partition coefficient (Wildman–Crippen LogP) is -1.93. The Morgan fingerprint density at radius 1 is 1.38 bits per heavy atom. The Morgan fingerprint density at radius 3 is 2.62 bits per heavy atom. The minimum absolute atomic E-state index is 0.120. The normalized spacial score (nSPS) is 27.2. The molecule has 70 valence electrons. The molecule has 8 nitrogen and oxygen atoms in total. The lowest BCUT2D eigenvalue weighted by Crippen LogP contribution is -2.46. The lowest BCUT2D eigenvalue weighted by Gasteiger charge is -2.17. The van der Waals surface area contributed by atoms with E-state index in [4.69, 9.17) is 0 Å². The van der Waals surface area contributed by atoms with Crippen LogP contribution in [-0.2, 0) is 9.53 Å². The maximum atomic E-state index is 11.0. The number of imide groups is 1. The lowest BCUT2D eigenvalue weighted by molar-refractivity contribution is -0.119. The van der Waals surface area contributed by atoms with E-state index in [-0.39, 0.29) is 6.54 Å². The topological polar surface area (TPSA) is 99.8 Å². The zero-order valence-corrected chi connectivity index (χ0v) is 6.36. The van der Waals surface area contributed by atoms with Gasteiger partial charge in [0.25, 0.3) is 6.35 Å².